The number of amides is 1. The first-order chi connectivity index (χ1) is 12.6. The Morgan fingerprint density at radius 3 is 2.12 bits per heavy atom. The van der Waals surface area contributed by atoms with Gasteiger partial charge in [-0.25, -0.2) is 0 Å². The Hall–Kier alpha value is -2.62. The molecule has 1 atom stereocenters. The van der Waals surface area contributed by atoms with Crippen LogP contribution < -0.4 is 5.32 Å². The first-order valence-electron chi connectivity index (χ1n) is 7.95. The topological polar surface area (TPSA) is 46.2 Å². The van der Waals surface area contributed by atoms with Crippen molar-refractivity contribution in [3.8, 4) is 0 Å². The molecule has 0 radical (unpaired) electrons. The first kappa shape index (κ1) is 18.2. The predicted octanol–water partition coefficient (Wildman–Crippen LogP) is 5.49. The minimum atomic E-state index is -0.869. The Bertz CT molecular complexity index is 927. The van der Waals surface area contributed by atoms with Gasteiger partial charge in [-0.3, -0.25) is 9.59 Å². The molecular weight excluding hydrogens is 369 g/mol. The molecule has 0 spiro atoms. The highest BCUT2D eigenvalue weighted by Gasteiger charge is 2.21. The van der Waals surface area contributed by atoms with Crippen LogP contribution in [0.15, 0.2) is 78.9 Å². The van der Waals surface area contributed by atoms with Crippen LogP contribution in [-0.2, 0) is 4.79 Å². The van der Waals surface area contributed by atoms with Crippen molar-refractivity contribution < 1.29 is 9.59 Å². The predicted molar refractivity (Wildman–Crippen MR) is 105 cm³/mol. The van der Waals surface area contributed by atoms with Gasteiger partial charge in [-0.05, 0) is 23.8 Å². The lowest BCUT2D eigenvalue weighted by molar-refractivity contribution is -0.116. The van der Waals surface area contributed by atoms with Crippen molar-refractivity contribution in [2.45, 2.75) is 5.38 Å². The van der Waals surface area contributed by atoms with Crippen molar-refractivity contribution in [2.75, 3.05) is 5.32 Å². The van der Waals surface area contributed by atoms with Crippen molar-refractivity contribution in [1.82, 2.24) is 0 Å². The molecule has 3 nitrogen and oxygen atoms in total. The van der Waals surface area contributed by atoms with Gasteiger partial charge in [0.2, 0.25) is 5.91 Å². The van der Waals surface area contributed by atoms with Gasteiger partial charge in [0.05, 0.1) is 5.69 Å². The molecule has 0 aromatic heterocycles. The van der Waals surface area contributed by atoms with E-state index in [1.807, 2.05) is 24.3 Å². The lowest BCUT2D eigenvalue weighted by atomic mass is 10.0. The average molecular weight is 384 g/mol. The fourth-order valence-electron chi connectivity index (χ4n) is 2.53. The molecule has 3 aromatic rings. The number of rotatable bonds is 5. The molecule has 3 aromatic carbocycles. The maximum absolute atomic E-state index is 12.8. The highest BCUT2D eigenvalue weighted by Crippen LogP contribution is 2.27. The molecule has 1 amide bonds. The molecule has 0 saturated heterocycles. The van der Waals surface area contributed by atoms with Gasteiger partial charge in [-0.2, -0.15) is 0 Å². The summed E-state index contributed by atoms with van der Waals surface area (Å²) in [5, 5.41) is 2.28. The zero-order chi connectivity index (χ0) is 18.5. The van der Waals surface area contributed by atoms with E-state index in [0.29, 0.717) is 27.4 Å². The van der Waals surface area contributed by atoms with E-state index >= 15 is 0 Å². The minimum absolute atomic E-state index is 0.228. The summed E-state index contributed by atoms with van der Waals surface area (Å²) < 4.78 is 0. The third kappa shape index (κ3) is 4.13. The average Bonchev–Trinajstić information content (AvgIpc) is 2.69. The van der Waals surface area contributed by atoms with Crippen LogP contribution in [0.3, 0.4) is 0 Å². The smallest absolute Gasteiger partial charge is 0.246 e. The van der Waals surface area contributed by atoms with E-state index < -0.39 is 11.3 Å². The summed E-state index contributed by atoms with van der Waals surface area (Å²) in [6.45, 7) is 0. The molecule has 26 heavy (non-hydrogen) atoms. The van der Waals surface area contributed by atoms with Crippen LogP contribution in [0.2, 0.25) is 5.02 Å². The second-order valence-corrected chi connectivity index (χ2v) is 6.52. The minimum Gasteiger partial charge on any atom is -0.324 e. The van der Waals surface area contributed by atoms with Crippen LogP contribution in [-0.4, -0.2) is 11.7 Å². The number of nitrogens with one attached hydrogen (secondary N) is 1. The highest BCUT2D eigenvalue weighted by atomic mass is 35.5. The third-order valence-corrected chi connectivity index (χ3v) is 4.53. The molecule has 0 aliphatic rings. The zero-order valence-electron chi connectivity index (χ0n) is 13.7. The molecule has 0 aliphatic carbocycles. The molecule has 0 heterocycles. The van der Waals surface area contributed by atoms with E-state index in [9.17, 15) is 9.59 Å². The van der Waals surface area contributed by atoms with E-state index in [4.69, 9.17) is 23.2 Å². The van der Waals surface area contributed by atoms with Gasteiger partial charge in [0.1, 0.15) is 5.38 Å². The van der Waals surface area contributed by atoms with Crippen LogP contribution in [0.25, 0.3) is 0 Å². The maximum Gasteiger partial charge on any atom is 0.246 e. The molecule has 0 aliphatic heterocycles. The second-order valence-electron chi connectivity index (χ2n) is 5.65. The number of halogens is 2. The Balaban J connectivity index is 1.89. The lowest BCUT2D eigenvalue weighted by Gasteiger charge is -2.14. The number of ketones is 1. The van der Waals surface area contributed by atoms with E-state index in [-0.39, 0.29) is 5.78 Å². The summed E-state index contributed by atoms with van der Waals surface area (Å²) >= 11 is 12.3. The van der Waals surface area contributed by atoms with Crippen molar-refractivity contribution in [3.63, 3.8) is 0 Å². The number of anilines is 1. The molecule has 3 rings (SSSR count). The van der Waals surface area contributed by atoms with Gasteiger partial charge in [0.15, 0.2) is 5.78 Å². The van der Waals surface area contributed by atoms with Crippen LogP contribution in [0.4, 0.5) is 5.69 Å². The summed E-state index contributed by atoms with van der Waals surface area (Å²) in [4.78, 5) is 25.3. The van der Waals surface area contributed by atoms with Crippen LogP contribution >= 0.6 is 23.2 Å². The van der Waals surface area contributed by atoms with Crippen LogP contribution in [0.1, 0.15) is 26.9 Å². The summed E-state index contributed by atoms with van der Waals surface area (Å²) in [7, 11) is 0. The zero-order valence-corrected chi connectivity index (χ0v) is 15.2. The lowest BCUT2D eigenvalue weighted by Crippen LogP contribution is -2.19. The largest absolute Gasteiger partial charge is 0.324 e. The number of hydrogen-bond donors (Lipinski definition) is 1. The van der Waals surface area contributed by atoms with E-state index in [1.54, 1.807) is 48.5 Å². The molecule has 0 saturated carbocycles. The Morgan fingerprint density at radius 1 is 0.846 bits per heavy atom. The normalized spacial score (nSPS) is 11.6. The molecule has 5 heteroatoms. The summed E-state index contributed by atoms with van der Waals surface area (Å²) in [5.74, 6) is -0.642. The van der Waals surface area contributed by atoms with Gasteiger partial charge < -0.3 is 5.32 Å². The molecular formula is C21H15Cl2NO2. The Labute approximate surface area is 161 Å². The summed E-state index contributed by atoms with van der Waals surface area (Å²) in [6.07, 6.45) is 0. The molecule has 130 valence electrons. The molecule has 1 N–H and O–H groups in total. The quantitative estimate of drug-likeness (QED) is 0.467. The number of carbonyl (C=O) groups is 2. The number of hydrogen-bond acceptors (Lipinski definition) is 2. The van der Waals surface area contributed by atoms with Crippen LogP contribution in [0.5, 0.6) is 0 Å². The van der Waals surface area contributed by atoms with Crippen molar-refractivity contribution in [1.29, 1.82) is 0 Å². The van der Waals surface area contributed by atoms with Gasteiger partial charge >= 0.3 is 0 Å². The number of carbonyl (C=O) groups excluding carboxylic acids is 2. The second kappa shape index (κ2) is 8.17. The SMILES string of the molecule is O=C(c1ccccc1)c1cc(Cl)ccc1NC(=O)C(Cl)c1ccccc1. The van der Waals surface area contributed by atoms with Crippen molar-refractivity contribution >= 4 is 40.6 Å². The van der Waals surface area contributed by atoms with Crippen LogP contribution in [0, 0.1) is 0 Å². The van der Waals surface area contributed by atoms with E-state index in [0.717, 1.165) is 0 Å². The summed E-state index contributed by atoms with van der Waals surface area (Å²) in [5.41, 5.74) is 1.87. The molecule has 1 unspecified atom stereocenters. The van der Waals surface area contributed by atoms with E-state index in [2.05, 4.69) is 5.32 Å². The van der Waals surface area contributed by atoms with E-state index in [1.165, 1.54) is 6.07 Å². The third-order valence-electron chi connectivity index (χ3n) is 3.84. The fraction of sp³-hybridized carbons (Fsp3) is 0.0476. The van der Waals surface area contributed by atoms with Gasteiger partial charge in [0.25, 0.3) is 0 Å². The number of alkyl halides is 1. The van der Waals surface area contributed by atoms with Gasteiger partial charge in [-0.15, -0.1) is 11.6 Å². The van der Waals surface area contributed by atoms with Crippen molar-refractivity contribution in [2.24, 2.45) is 0 Å². The Kier molecular flexibility index (Phi) is 5.71. The fourth-order valence-corrected chi connectivity index (χ4v) is 2.90. The van der Waals surface area contributed by atoms with Gasteiger partial charge in [0, 0.05) is 16.1 Å². The first-order valence-corrected chi connectivity index (χ1v) is 8.77. The molecule has 0 bridgehead atoms. The monoisotopic (exact) mass is 383 g/mol. The maximum atomic E-state index is 12.8. The highest BCUT2D eigenvalue weighted by molar-refractivity contribution is 6.33. The summed E-state index contributed by atoms with van der Waals surface area (Å²) in [6, 6.07) is 22.6. The molecule has 0 fully saturated rings. The van der Waals surface area contributed by atoms with Crippen molar-refractivity contribution in [3.05, 3.63) is 101 Å². The standard InChI is InChI=1S/C21H15Cl2NO2/c22-16-11-12-18(17(13-16)20(25)15-9-5-2-6-10-15)24-21(26)19(23)14-7-3-1-4-8-14/h1-13,19H,(H,24,26). The van der Waals surface area contributed by atoms with Gasteiger partial charge in [-0.1, -0.05) is 72.3 Å². The number of benzene rings is 3. The Morgan fingerprint density at radius 2 is 1.46 bits per heavy atom.